The molecule has 1 aliphatic carbocycles. The number of anilines is 1. The van der Waals surface area contributed by atoms with Crippen LogP contribution in [0.25, 0.3) is 0 Å². The van der Waals surface area contributed by atoms with Crippen LogP contribution in [0.2, 0.25) is 0 Å². The molecular formula is C22H27F3N4O3. The maximum Gasteiger partial charge on any atom is 0.417 e. The van der Waals surface area contributed by atoms with E-state index in [9.17, 15) is 22.8 Å². The number of hydrogen-bond donors (Lipinski definition) is 1. The highest BCUT2D eigenvalue weighted by Crippen LogP contribution is 2.35. The average molecular weight is 452 g/mol. The first-order valence-electron chi connectivity index (χ1n) is 10.7. The highest BCUT2D eigenvalue weighted by molar-refractivity contribution is 5.88. The van der Waals surface area contributed by atoms with Gasteiger partial charge >= 0.3 is 6.18 Å². The third-order valence-corrected chi connectivity index (χ3v) is 6.07. The summed E-state index contributed by atoms with van der Waals surface area (Å²) in [5.74, 6) is -0.429. The lowest BCUT2D eigenvalue weighted by Gasteiger charge is -2.42. The van der Waals surface area contributed by atoms with Crippen molar-refractivity contribution in [3.8, 4) is 6.07 Å². The molecular weight excluding hydrogens is 425 g/mol. The Morgan fingerprint density at radius 3 is 2.59 bits per heavy atom. The maximum atomic E-state index is 13.5. The van der Waals surface area contributed by atoms with Gasteiger partial charge in [0.05, 0.1) is 30.3 Å². The topological polar surface area (TPSA) is 85.7 Å². The van der Waals surface area contributed by atoms with E-state index in [1.54, 1.807) is 15.9 Å². The minimum Gasteiger partial charge on any atom is -0.383 e. The van der Waals surface area contributed by atoms with E-state index in [1.807, 2.05) is 0 Å². The van der Waals surface area contributed by atoms with Crippen molar-refractivity contribution in [2.75, 3.05) is 44.8 Å². The minimum atomic E-state index is -4.70. The summed E-state index contributed by atoms with van der Waals surface area (Å²) in [5.41, 5.74) is -1.32. The van der Waals surface area contributed by atoms with Gasteiger partial charge in [-0.25, -0.2) is 0 Å². The standard InChI is InChI=1S/C22H27F3N4O3/c1-32-11-8-27-20(30)19-14-28(21(31)15-4-2-3-5-15)9-10-29(19)17-7-6-16(13-26)18(12-17)22(23,24)25/h6-7,12,15,19H,2-5,8-11,14H2,1H3,(H,27,30). The number of rotatable bonds is 6. The van der Waals surface area contributed by atoms with Crippen LogP contribution < -0.4 is 10.2 Å². The Balaban J connectivity index is 1.87. The van der Waals surface area contributed by atoms with Crippen LogP contribution in [0, 0.1) is 17.2 Å². The molecule has 1 aliphatic heterocycles. The largest absolute Gasteiger partial charge is 0.417 e. The summed E-state index contributed by atoms with van der Waals surface area (Å²) in [6, 6.07) is 4.16. The van der Waals surface area contributed by atoms with E-state index in [4.69, 9.17) is 10.00 Å². The van der Waals surface area contributed by atoms with E-state index in [1.165, 1.54) is 13.2 Å². The number of amides is 2. The molecule has 1 heterocycles. The van der Waals surface area contributed by atoms with Gasteiger partial charge in [0.15, 0.2) is 0 Å². The molecule has 1 aromatic carbocycles. The molecule has 0 aromatic heterocycles. The van der Waals surface area contributed by atoms with E-state index < -0.39 is 23.3 Å². The number of carbonyl (C=O) groups is 2. The zero-order valence-corrected chi connectivity index (χ0v) is 18.0. The molecule has 1 atom stereocenters. The molecule has 2 amide bonds. The van der Waals surface area contributed by atoms with Crippen LogP contribution in [-0.4, -0.2) is 62.7 Å². The second-order valence-corrected chi connectivity index (χ2v) is 8.10. The van der Waals surface area contributed by atoms with Crippen LogP contribution in [0.4, 0.5) is 18.9 Å². The molecule has 1 unspecified atom stereocenters. The Labute approximate surface area is 185 Å². The zero-order valence-electron chi connectivity index (χ0n) is 18.0. The summed E-state index contributed by atoms with van der Waals surface area (Å²) < 4.78 is 45.4. The van der Waals surface area contributed by atoms with Crippen LogP contribution in [0.3, 0.4) is 0 Å². The molecule has 7 nitrogen and oxygen atoms in total. The quantitative estimate of drug-likeness (QED) is 0.671. The number of piperazine rings is 1. The van der Waals surface area contributed by atoms with Crippen LogP contribution in [0.5, 0.6) is 0 Å². The molecule has 0 radical (unpaired) electrons. The van der Waals surface area contributed by atoms with Gasteiger partial charge in [0.2, 0.25) is 11.8 Å². The summed E-state index contributed by atoms with van der Waals surface area (Å²) in [6.07, 6.45) is -1.04. The Morgan fingerprint density at radius 1 is 1.25 bits per heavy atom. The fraction of sp³-hybridized carbons (Fsp3) is 0.591. The smallest absolute Gasteiger partial charge is 0.383 e. The molecule has 0 bridgehead atoms. The second kappa shape index (κ2) is 10.2. The van der Waals surface area contributed by atoms with E-state index in [0.717, 1.165) is 37.8 Å². The molecule has 1 aromatic rings. The lowest BCUT2D eigenvalue weighted by molar-refractivity contribution is -0.138. The van der Waals surface area contributed by atoms with E-state index in [0.29, 0.717) is 6.54 Å². The van der Waals surface area contributed by atoms with Crippen LogP contribution in [0.1, 0.15) is 36.8 Å². The summed E-state index contributed by atoms with van der Waals surface area (Å²) in [6.45, 7) is 1.16. The van der Waals surface area contributed by atoms with Crippen LogP contribution in [0.15, 0.2) is 18.2 Å². The van der Waals surface area contributed by atoms with Gasteiger partial charge in [-0.3, -0.25) is 9.59 Å². The van der Waals surface area contributed by atoms with Crippen molar-refractivity contribution in [2.45, 2.75) is 37.9 Å². The number of alkyl halides is 3. The minimum absolute atomic E-state index is 0.00708. The van der Waals surface area contributed by atoms with Crippen LogP contribution in [-0.2, 0) is 20.5 Å². The number of hydrogen-bond acceptors (Lipinski definition) is 5. The lowest BCUT2D eigenvalue weighted by atomic mass is 10.0. The number of methoxy groups -OCH3 is 1. The fourth-order valence-corrected chi connectivity index (χ4v) is 4.38. The number of halogens is 3. The second-order valence-electron chi connectivity index (χ2n) is 8.10. The molecule has 1 N–H and O–H groups in total. The number of nitriles is 1. The van der Waals surface area contributed by atoms with Gasteiger partial charge < -0.3 is 19.9 Å². The lowest BCUT2D eigenvalue weighted by Crippen LogP contribution is -2.61. The Kier molecular flexibility index (Phi) is 7.61. The van der Waals surface area contributed by atoms with E-state index in [2.05, 4.69) is 5.32 Å². The highest BCUT2D eigenvalue weighted by Gasteiger charge is 2.39. The first kappa shape index (κ1) is 23.9. The third-order valence-electron chi connectivity index (χ3n) is 6.07. The van der Waals surface area contributed by atoms with Crippen molar-refractivity contribution in [3.63, 3.8) is 0 Å². The first-order chi connectivity index (χ1) is 15.3. The summed E-state index contributed by atoms with van der Waals surface area (Å²) >= 11 is 0. The van der Waals surface area contributed by atoms with E-state index in [-0.39, 0.29) is 49.7 Å². The van der Waals surface area contributed by atoms with Gasteiger partial charge in [-0.05, 0) is 31.0 Å². The van der Waals surface area contributed by atoms with Gasteiger partial charge in [0.25, 0.3) is 0 Å². The molecule has 174 valence electrons. The van der Waals surface area contributed by atoms with Crippen molar-refractivity contribution in [3.05, 3.63) is 29.3 Å². The molecule has 0 spiro atoms. The zero-order chi connectivity index (χ0) is 23.3. The van der Waals surface area contributed by atoms with E-state index >= 15 is 0 Å². The number of ether oxygens (including phenoxy) is 1. The maximum absolute atomic E-state index is 13.5. The molecule has 3 rings (SSSR count). The molecule has 10 heteroatoms. The van der Waals surface area contributed by atoms with Gasteiger partial charge in [-0.2, -0.15) is 18.4 Å². The average Bonchev–Trinajstić information content (AvgIpc) is 3.32. The summed E-state index contributed by atoms with van der Waals surface area (Å²) in [7, 11) is 1.50. The normalized spacial score (nSPS) is 19.7. The Bertz CT molecular complexity index is 878. The summed E-state index contributed by atoms with van der Waals surface area (Å²) in [5, 5.41) is 11.8. The van der Waals surface area contributed by atoms with Gasteiger partial charge in [-0.1, -0.05) is 12.8 Å². The van der Waals surface area contributed by atoms with Gasteiger partial charge in [0, 0.05) is 38.3 Å². The van der Waals surface area contributed by atoms with Crippen LogP contribution >= 0.6 is 0 Å². The number of carbonyl (C=O) groups excluding carboxylic acids is 2. The summed E-state index contributed by atoms with van der Waals surface area (Å²) in [4.78, 5) is 29.1. The SMILES string of the molecule is COCCNC(=O)C1CN(C(=O)C2CCCC2)CCN1c1ccc(C#N)c(C(F)(F)F)c1. The number of benzene rings is 1. The Hall–Kier alpha value is -2.80. The highest BCUT2D eigenvalue weighted by atomic mass is 19.4. The van der Waals surface area contributed by atoms with Gasteiger partial charge in [-0.15, -0.1) is 0 Å². The number of nitrogens with one attached hydrogen (secondary N) is 1. The molecule has 1 saturated heterocycles. The molecule has 1 saturated carbocycles. The molecule has 2 fully saturated rings. The van der Waals surface area contributed by atoms with Crippen molar-refractivity contribution in [1.29, 1.82) is 5.26 Å². The molecule has 2 aliphatic rings. The fourth-order valence-electron chi connectivity index (χ4n) is 4.38. The van der Waals surface area contributed by atoms with Crippen molar-refractivity contribution in [2.24, 2.45) is 5.92 Å². The third kappa shape index (κ3) is 5.33. The van der Waals surface area contributed by atoms with Crippen molar-refractivity contribution < 1.29 is 27.5 Å². The Morgan fingerprint density at radius 2 is 1.97 bits per heavy atom. The van der Waals surface area contributed by atoms with Crippen molar-refractivity contribution in [1.82, 2.24) is 10.2 Å². The first-order valence-corrected chi connectivity index (χ1v) is 10.7. The molecule has 32 heavy (non-hydrogen) atoms. The predicted octanol–water partition coefficient (Wildman–Crippen LogP) is 2.55. The van der Waals surface area contributed by atoms with Gasteiger partial charge in [0.1, 0.15) is 6.04 Å². The monoisotopic (exact) mass is 452 g/mol. The van der Waals surface area contributed by atoms with Crippen molar-refractivity contribution >= 4 is 17.5 Å². The number of nitrogens with zero attached hydrogens (tertiary/aromatic N) is 3. The predicted molar refractivity (Wildman–Crippen MR) is 111 cm³/mol.